The van der Waals surface area contributed by atoms with E-state index in [-0.39, 0.29) is 12.5 Å². The first kappa shape index (κ1) is 23.2. The number of nitrogens with zero attached hydrogens (tertiary/aromatic N) is 1. The highest BCUT2D eigenvalue weighted by Gasteiger charge is 2.15. The molecule has 0 fully saturated rings. The lowest BCUT2D eigenvalue weighted by Gasteiger charge is -2.10. The molecule has 3 aromatic rings. The van der Waals surface area contributed by atoms with Gasteiger partial charge in [0.25, 0.3) is 5.91 Å². The molecule has 3 rings (SSSR count). The number of benzene rings is 3. The summed E-state index contributed by atoms with van der Waals surface area (Å²) in [4.78, 5) is 36.4. The van der Waals surface area contributed by atoms with E-state index in [9.17, 15) is 14.4 Å². The molecule has 0 atom stereocenters. The number of hydrogen-bond donors (Lipinski definition) is 3. The van der Waals surface area contributed by atoms with Gasteiger partial charge in [-0.05, 0) is 49.2 Å². The molecular formula is C25H24N4O4. The van der Waals surface area contributed by atoms with Crippen LogP contribution in [0.2, 0.25) is 0 Å². The van der Waals surface area contributed by atoms with Crippen LogP contribution >= 0.6 is 0 Å². The highest BCUT2D eigenvalue weighted by molar-refractivity contribution is 6.39. The topological polar surface area (TPSA) is 109 Å². The predicted octanol–water partition coefficient (Wildman–Crippen LogP) is 3.41. The molecule has 3 amide bonds. The first-order chi connectivity index (χ1) is 15.9. The summed E-state index contributed by atoms with van der Waals surface area (Å²) >= 11 is 0. The normalized spacial score (nSPS) is 10.5. The highest BCUT2D eigenvalue weighted by atomic mass is 16.5. The Kier molecular flexibility index (Phi) is 7.91. The number of carbonyl (C=O) groups excluding carboxylic acids is 3. The Hall–Kier alpha value is -4.46. The zero-order valence-electron chi connectivity index (χ0n) is 18.3. The van der Waals surface area contributed by atoms with Crippen LogP contribution in [-0.4, -0.2) is 30.5 Å². The maximum atomic E-state index is 12.2. The Balaban J connectivity index is 1.55. The number of hydrogen-bond acceptors (Lipinski definition) is 5. The van der Waals surface area contributed by atoms with Gasteiger partial charge in [0.2, 0.25) is 0 Å². The lowest BCUT2D eigenvalue weighted by molar-refractivity contribution is -0.136. The molecule has 33 heavy (non-hydrogen) atoms. The van der Waals surface area contributed by atoms with Gasteiger partial charge in [-0.1, -0.05) is 48.5 Å². The van der Waals surface area contributed by atoms with E-state index in [1.165, 1.54) is 6.21 Å². The Morgan fingerprint density at radius 2 is 1.48 bits per heavy atom. The molecular weight excluding hydrogens is 420 g/mol. The van der Waals surface area contributed by atoms with E-state index in [1.54, 1.807) is 36.4 Å². The Labute approximate surface area is 191 Å². The van der Waals surface area contributed by atoms with Crippen LogP contribution in [0.1, 0.15) is 16.7 Å². The predicted molar refractivity (Wildman–Crippen MR) is 127 cm³/mol. The smallest absolute Gasteiger partial charge is 0.329 e. The minimum Gasteiger partial charge on any atom is -0.483 e. The number of hydrazone groups is 1. The van der Waals surface area contributed by atoms with Gasteiger partial charge in [-0.15, -0.1) is 0 Å². The van der Waals surface area contributed by atoms with E-state index in [0.29, 0.717) is 22.7 Å². The van der Waals surface area contributed by atoms with Gasteiger partial charge in [-0.2, -0.15) is 5.10 Å². The number of nitrogens with one attached hydrogen (secondary N) is 3. The standard InChI is InChI=1S/C25H24N4O4/c1-17-9-8-10-18(2)23(17)28-24(31)25(32)29-26-15-19-11-6-7-14-21(19)33-16-22(30)27-20-12-4-3-5-13-20/h3-15H,16H2,1-2H3,(H,27,30)(H,28,31)(H,29,32)/b26-15-. The summed E-state index contributed by atoms with van der Waals surface area (Å²) in [6.07, 6.45) is 1.34. The van der Waals surface area contributed by atoms with Crippen LogP contribution in [0.3, 0.4) is 0 Å². The Morgan fingerprint density at radius 1 is 0.818 bits per heavy atom. The summed E-state index contributed by atoms with van der Waals surface area (Å²) in [7, 11) is 0. The van der Waals surface area contributed by atoms with Crippen molar-refractivity contribution < 1.29 is 19.1 Å². The molecule has 0 spiro atoms. The molecule has 0 bridgehead atoms. The summed E-state index contributed by atoms with van der Waals surface area (Å²) in [5, 5.41) is 9.17. The summed E-state index contributed by atoms with van der Waals surface area (Å²) in [5.74, 6) is -1.65. The van der Waals surface area contributed by atoms with Crippen molar-refractivity contribution in [2.45, 2.75) is 13.8 Å². The van der Waals surface area contributed by atoms with E-state index in [0.717, 1.165) is 11.1 Å². The fourth-order valence-corrected chi connectivity index (χ4v) is 2.97. The van der Waals surface area contributed by atoms with Crippen molar-refractivity contribution in [1.29, 1.82) is 0 Å². The van der Waals surface area contributed by atoms with Gasteiger partial charge in [-0.25, -0.2) is 5.43 Å². The van der Waals surface area contributed by atoms with Gasteiger partial charge >= 0.3 is 11.8 Å². The van der Waals surface area contributed by atoms with E-state index >= 15 is 0 Å². The van der Waals surface area contributed by atoms with Crippen LogP contribution in [-0.2, 0) is 14.4 Å². The summed E-state index contributed by atoms with van der Waals surface area (Å²) < 4.78 is 5.59. The number of aryl methyl sites for hydroxylation is 2. The molecule has 0 unspecified atom stereocenters. The molecule has 0 aliphatic carbocycles. The fraction of sp³-hybridized carbons (Fsp3) is 0.120. The molecule has 168 valence electrons. The van der Waals surface area contributed by atoms with Crippen molar-refractivity contribution in [2.24, 2.45) is 5.10 Å². The molecule has 0 saturated carbocycles. The second kappa shape index (κ2) is 11.2. The van der Waals surface area contributed by atoms with Crippen LogP contribution < -0.4 is 20.8 Å². The zero-order valence-corrected chi connectivity index (χ0v) is 18.3. The number of anilines is 2. The van der Waals surface area contributed by atoms with E-state index in [1.807, 2.05) is 50.2 Å². The van der Waals surface area contributed by atoms with Crippen LogP contribution in [0, 0.1) is 13.8 Å². The third-order valence-corrected chi connectivity index (χ3v) is 4.63. The molecule has 8 nitrogen and oxygen atoms in total. The number of carbonyl (C=O) groups is 3. The van der Waals surface area contributed by atoms with Crippen LogP contribution in [0.4, 0.5) is 11.4 Å². The minimum absolute atomic E-state index is 0.204. The van der Waals surface area contributed by atoms with Crippen molar-refractivity contribution >= 4 is 35.3 Å². The SMILES string of the molecule is Cc1cccc(C)c1NC(=O)C(=O)N/N=C\c1ccccc1OCC(=O)Nc1ccccc1. The van der Waals surface area contributed by atoms with Gasteiger partial charge in [0.15, 0.2) is 6.61 Å². The molecule has 0 aromatic heterocycles. The average Bonchev–Trinajstić information content (AvgIpc) is 2.81. The number of para-hydroxylation sites is 3. The Morgan fingerprint density at radius 3 is 2.21 bits per heavy atom. The molecule has 0 aliphatic rings. The van der Waals surface area contributed by atoms with Crippen LogP contribution in [0.25, 0.3) is 0 Å². The quantitative estimate of drug-likeness (QED) is 0.295. The maximum absolute atomic E-state index is 12.2. The molecule has 0 saturated heterocycles. The zero-order chi connectivity index (χ0) is 23.6. The number of rotatable bonds is 7. The van der Waals surface area contributed by atoms with Crippen molar-refractivity contribution in [2.75, 3.05) is 17.2 Å². The second-order valence-corrected chi connectivity index (χ2v) is 7.16. The number of ether oxygens (including phenoxy) is 1. The van der Waals surface area contributed by atoms with Crippen LogP contribution in [0.5, 0.6) is 5.75 Å². The molecule has 3 N–H and O–H groups in total. The van der Waals surface area contributed by atoms with Crippen molar-refractivity contribution in [1.82, 2.24) is 5.43 Å². The maximum Gasteiger partial charge on any atom is 0.329 e. The fourth-order valence-electron chi connectivity index (χ4n) is 2.97. The third kappa shape index (κ3) is 6.76. The lowest BCUT2D eigenvalue weighted by atomic mass is 10.1. The highest BCUT2D eigenvalue weighted by Crippen LogP contribution is 2.19. The minimum atomic E-state index is -0.908. The molecule has 8 heteroatoms. The van der Waals surface area contributed by atoms with Gasteiger partial charge in [-0.3, -0.25) is 14.4 Å². The monoisotopic (exact) mass is 444 g/mol. The molecule has 3 aromatic carbocycles. The van der Waals surface area contributed by atoms with E-state index < -0.39 is 11.8 Å². The molecule has 0 radical (unpaired) electrons. The molecule has 0 heterocycles. The van der Waals surface area contributed by atoms with Gasteiger partial charge in [0.05, 0.1) is 6.21 Å². The average molecular weight is 444 g/mol. The largest absolute Gasteiger partial charge is 0.483 e. The summed E-state index contributed by atoms with van der Waals surface area (Å²) in [6.45, 7) is 3.48. The van der Waals surface area contributed by atoms with Crippen LogP contribution in [0.15, 0.2) is 77.9 Å². The van der Waals surface area contributed by atoms with Gasteiger partial charge in [0, 0.05) is 16.9 Å². The Bertz CT molecular complexity index is 1160. The number of amides is 3. The second-order valence-electron chi connectivity index (χ2n) is 7.16. The van der Waals surface area contributed by atoms with Crippen molar-refractivity contribution in [3.05, 3.63) is 89.5 Å². The van der Waals surface area contributed by atoms with E-state index in [2.05, 4.69) is 21.2 Å². The molecule has 0 aliphatic heterocycles. The van der Waals surface area contributed by atoms with Gasteiger partial charge in [0.1, 0.15) is 5.75 Å². The first-order valence-electron chi connectivity index (χ1n) is 10.2. The third-order valence-electron chi connectivity index (χ3n) is 4.63. The summed E-state index contributed by atoms with van der Waals surface area (Å²) in [6, 6.07) is 21.5. The summed E-state index contributed by atoms with van der Waals surface area (Å²) in [5.41, 5.74) is 5.69. The van der Waals surface area contributed by atoms with Crippen molar-refractivity contribution in [3.8, 4) is 5.75 Å². The van der Waals surface area contributed by atoms with E-state index in [4.69, 9.17) is 4.74 Å². The van der Waals surface area contributed by atoms with Crippen molar-refractivity contribution in [3.63, 3.8) is 0 Å². The first-order valence-corrected chi connectivity index (χ1v) is 10.2. The van der Waals surface area contributed by atoms with Gasteiger partial charge < -0.3 is 15.4 Å². The lowest BCUT2D eigenvalue weighted by Crippen LogP contribution is -2.32.